The molecule has 3 rings (SSSR count). The number of amides is 2. The van der Waals surface area contributed by atoms with Crippen molar-refractivity contribution in [3.8, 4) is 0 Å². The molecule has 25 heavy (non-hydrogen) atoms. The lowest BCUT2D eigenvalue weighted by Crippen LogP contribution is -2.59. The van der Waals surface area contributed by atoms with Gasteiger partial charge in [-0.2, -0.15) is 0 Å². The Balaban J connectivity index is 1.81. The molecule has 2 amide bonds. The van der Waals surface area contributed by atoms with Crippen LogP contribution in [0.2, 0.25) is 0 Å². The van der Waals surface area contributed by atoms with Crippen LogP contribution in [0.25, 0.3) is 0 Å². The van der Waals surface area contributed by atoms with Crippen LogP contribution in [-0.2, 0) is 14.4 Å². The molecule has 0 aromatic rings. The number of rotatable bonds is 4. The number of fused-ring (bicyclic) bond motifs is 1. The summed E-state index contributed by atoms with van der Waals surface area (Å²) in [5.74, 6) is -1.77. The van der Waals surface area contributed by atoms with Crippen LogP contribution in [0.3, 0.4) is 0 Å². The van der Waals surface area contributed by atoms with E-state index in [9.17, 15) is 24.6 Å². The maximum atomic E-state index is 13.1. The Morgan fingerprint density at radius 2 is 1.76 bits per heavy atom. The molecular weight excluding hydrogens is 324 g/mol. The van der Waals surface area contributed by atoms with E-state index in [1.54, 1.807) is 0 Å². The fourth-order valence-electron chi connectivity index (χ4n) is 4.22. The van der Waals surface area contributed by atoms with Gasteiger partial charge in [0.25, 0.3) is 5.91 Å². The molecule has 0 aromatic heterocycles. The Bertz CT molecular complexity index is 632. The first-order chi connectivity index (χ1) is 11.3. The van der Waals surface area contributed by atoms with Crippen LogP contribution in [0, 0.1) is 22.7 Å². The molecule has 4 atom stereocenters. The number of hydrogen-bond donors (Lipinski definition) is 3. The molecule has 7 nitrogen and oxygen atoms in total. The molecule has 0 bridgehead atoms. The number of carbonyl (C=O) groups excluding carboxylic acids is 2. The lowest BCUT2D eigenvalue weighted by molar-refractivity contribution is -0.153. The van der Waals surface area contributed by atoms with Crippen molar-refractivity contribution >= 4 is 17.8 Å². The van der Waals surface area contributed by atoms with Gasteiger partial charge in [0.05, 0.1) is 0 Å². The zero-order valence-electron chi connectivity index (χ0n) is 15.5. The van der Waals surface area contributed by atoms with Crippen molar-refractivity contribution in [3.63, 3.8) is 0 Å². The van der Waals surface area contributed by atoms with Gasteiger partial charge in [-0.3, -0.25) is 9.59 Å². The first kappa shape index (κ1) is 18.2. The summed E-state index contributed by atoms with van der Waals surface area (Å²) in [6.07, 6.45) is 0.785. The second-order valence-electron chi connectivity index (χ2n) is 9.53. The van der Waals surface area contributed by atoms with Gasteiger partial charge in [-0.15, -0.1) is 0 Å². The molecule has 0 aromatic carbocycles. The molecule has 0 spiro atoms. The smallest absolute Gasteiger partial charge is 0.326 e. The van der Waals surface area contributed by atoms with Crippen molar-refractivity contribution in [1.29, 1.82) is 0 Å². The average Bonchev–Trinajstić information content (AvgIpc) is 3.25. The fraction of sp³-hybridized carbons (Fsp3) is 0.833. The number of aliphatic hydroxyl groups is 1. The molecule has 1 saturated heterocycles. The van der Waals surface area contributed by atoms with Crippen molar-refractivity contribution in [3.05, 3.63) is 0 Å². The minimum absolute atomic E-state index is 0.0436. The van der Waals surface area contributed by atoms with E-state index < -0.39 is 35.0 Å². The zero-order chi connectivity index (χ0) is 18.9. The SMILES string of the molecule is CC(C)(C)[C@H](NC(=O)C1(O)CC1)C(=O)N1C[C@H]2[C@@H]([C@H]1C(=O)O)C2(C)C. The number of aliphatic carboxylic acids is 1. The van der Waals surface area contributed by atoms with Crippen LogP contribution < -0.4 is 5.32 Å². The van der Waals surface area contributed by atoms with Crippen molar-refractivity contribution in [2.24, 2.45) is 22.7 Å². The van der Waals surface area contributed by atoms with E-state index in [0.717, 1.165) is 0 Å². The lowest BCUT2D eigenvalue weighted by Gasteiger charge is -2.37. The van der Waals surface area contributed by atoms with E-state index in [2.05, 4.69) is 5.32 Å². The molecule has 7 heteroatoms. The standard InChI is InChI=1S/C18H28N2O5/c1-16(2,3)12(19-15(24)18(25)6-7-18)13(21)20-8-9-10(17(9,4)5)11(20)14(22)23/h9-12,25H,6-8H2,1-5H3,(H,19,24)(H,22,23)/t9-,10-,11-,12+/m0/s1. The highest BCUT2D eigenvalue weighted by Crippen LogP contribution is 2.65. The molecule has 3 aliphatic rings. The second-order valence-corrected chi connectivity index (χ2v) is 9.53. The number of likely N-dealkylation sites (tertiary alicyclic amines) is 1. The Hall–Kier alpha value is -1.63. The van der Waals surface area contributed by atoms with E-state index in [4.69, 9.17) is 0 Å². The van der Waals surface area contributed by atoms with E-state index in [-0.39, 0.29) is 23.2 Å². The third kappa shape index (κ3) is 2.82. The summed E-state index contributed by atoms with van der Waals surface area (Å²) in [6.45, 7) is 9.94. The van der Waals surface area contributed by atoms with Crippen LogP contribution in [0.4, 0.5) is 0 Å². The highest BCUT2D eigenvalue weighted by Gasteiger charge is 2.70. The van der Waals surface area contributed by atoms with Crippen LogP contribution in [0.5, 0.6) is 0 Å². The largest absolute Gasteiger partial charge is 0.480 e. The van der Waals surface area contributed by atoms with E-state index in [1.807, 2.05) is 34.6 Å². The Labute approximate surface area is 147 Å². The van der Waals surface area contributed by atoms with Crippen LogP contribution >= 0.6 is 0 Å². The molecule has 3 fully saturated rings. The van der Waals surface area contributed by atoms with Crippen molar-refractivity contribution < 1.29 is 24.6 Å². The third-order valence-corrected chi connectivity index (χ3v) is 6.28. The minimum Gasteiger partial charge on any atom is -0.480 e. The number of piperidine rings is 1. The number of carboxylic acid groups (broad SMARTS) is 1. The summed E-state index contributed by atoms with van der Waals surface area (Å²) in [4.78, 5) is 38.6. The van der Waals surface area contributed by atoms with Crippen LogP contribution in [0.15, 0.2) is 0 Å². The predicted molar refractivity (Wildman–Crippen MR) is 89.5 cm³/mol. The van der Waals surface area contributed by atoms with Crippen LogP contribution in [-0.4, -0.2) is 57.1 Å². The molecule has 0 unspecified atom stereocenters. The summed E-state index contributed by atoms with van der Waals surface area (Å²) < 4.78 is 0. The molecule has 3 N–H and O–H groups in total. The lowest BCUT2D eigenvalue weighted by atomic mass is 9.85. The molecular formula is C18H28N2O5. The van der Waals surface area contributed by atoms with Gasteiger partial charge in [0.2, 0.25) is 5.91 Å². The number of carbonyl (C=O) groups is 3. The van der Waals surface area contributed by atoms with Crippen molar-refractivity contribution in [1.82, 2.24) is 10.2 Å². The van der Waals surface area contributed by atoms with Gasteiger partial charge in [0.15, 0.2) is 0 Å². The van der Waals surface area contributed by atoms with Gasteiger partial charge in [0.1, 0.15) is 17.7 Å². The molecule has 1 aliphatic heterocycles. The third-order valence-electron chi connectivity index (χ3n) is 6.28. The van der Waals surface area contributed by atoms with Gasteiger partial charge < -0.3 is 20.4 Å². The molecule has 0 radical (unpaired) electrons. The zero-order valence-corrected chi connectivity index (χ0v) is 15.5. The van der Waals surface area contributed by atoms with Crippen molar-refractivity contribution in [2.45, 2.75) is 65.1 Å². The molecule has 2 saturated carbocycles. The normalized spacial score (nSPS) is 32.6. The van der Waals surface area contributed by atoms with E-state index >= 15 is 0 Å². The monoisotopic (exact) mass is 352 g/mol. The van der Waals surface area contributed by atoms with E-state index in [1.165, 1.54) is 4.90 Å². The molecule has 140 valence electrons. The average molecular weight is 352 g/mol. The Morgan fingerprint density at radius 1 is 1.20 bits per heavy atom. The number of hydrogen-bond acceptors (Lipinski definition) is 4. The summed E-state index contributed by atoms with van der Waals surface area (Å²) in [5, 5.41) is 22.3. The second kappa shape index (κ2) is 5.19. The summed E-state index contributed by atoms with van der Waals surface area (Å²) in [6, 6.07) is -1.72. The van der Waals surface area contributed by atoms with Gasteiger partial charge >= 0.3 is 5.97 Å². The number of nitrogens with zero attached hydrogens (tertiary/aromatic N) is 1. The summed E-state index contributed by atoms with van der Waals surface area (Å²) >= 11 is 0. The van der Waals surface area contributed by atoms with Gasteiger partial charge in [0, 0.05) is 12.5 Å². The topological polar surface area (TPSA) is 107 Å². The maximum absolute atomic E-state index is 13.1. The molecule has 2 aliphatic carbocycles. The number of carboxylic acids is 1. The molecule has 1 heterocycles. The highest BCUT2D eigenvalue weighted by atomic mass is 16.4. The van der Waals surface area contributed by atoms with Gasteiger partial charge in [-0.25, -0.2) is 4.79 Å². The number of nitrogens with one attached hydrogen (secondary N) is 1. The first-order valence-corrected chi connectivity index (χ1v) is 8.87. The van der Waals surface area contributed by atoms with Gasteiger partial charge in [-0.05, 0) is 29.6 Å². The quantitative estimate of drug-likeness (QED) is 0.687. The Kier molecular flexibility index (Phi) is 3.77. The summed E-state index contributed by atoms with van der Waals surface area (Å²) in [5.41, 5.74) is -2.03. The van der Waals surface area contributed by atoms with E-state index in [0.29, 0.717) is 19.4 Å². The summed E-state index contributed by atoms with van der Waals surface area (Å²) in [7, 11) is 0. The fourth-order valence-corrected chi connectivity index (χ4v) is 4.22. The first-order valence-electron chi connectivity index (χ1n) is 8.87. The van der Waals surface area contributed by atoms with Crippen LogP contribution in [0.1, 0.15) is 47.5 Å². The minimum atomic E-state index is -1.37. The maximum Gasteiger partial charge on any atom is 0.326 e. The van der Waals surface area contributed by atoms with Gasteiger partial charge in [-0.1, -0.05) is 34.6 Å². The highest BCUT2D eigenvalue weighted by molar-refractivity contribution is 5.95. The Morgan fingerprint density at radius 3 is 2.20 bits per heavy atom. The predicted octanol–water partition coefficient (Wildman–Crippen LogP) is 0.610. The van der Waals surface area contributed by atoms with Crippen molar-refractivity contribution in [2.75, 3.05) is 6.54 Å².